The van der Waals surface area contributed by atoms with Crippen molar-refractivity contribution in [2.24, 2.45) is 7.05 Å². The number of anilines is 2. The van der Waals surface area contributed by atoms with Gasteiger partial charge in [0.05, 0.1) is 28.4 Å². The molecule has 4 aromatic heterocycles. The Balaban J connectivity index is 1.14. The lowest BCUT2D eigenvalue weighted by Gasteiger charge is -2.15. The molecule has 0 unspecified atom stereocenters. The number of nitrogens with zero attached hydrogens (tertiary/aromatic N) is 5. The number of aromatic nitrogens is 6. The molecule has 1 fully saturated rings. The van der Waals surface area contributed by atoms with Gasteiger partial charge in [0.2, 0.25) is 5.95 Å². The molecule has 33 heavy (non-hydrogen) atoms. The number of imidazole rings is 2. The molecule has 4 heterocycles. The first-order valence-corrected chi connectivity index (χ1v) is 11.1. The second-order valence-electron chi connectivity index (χ2n) is 8.52. The van der Waals surface area contributed by atoms with E-state index in [9.17, 15) is 4.79 Å². The molecule has 166 valence electrons. The van der Waals surface area contributed by atoms with Crippen LogP contribution in [-0.4, -0.2) is 41.2 Å². The van der Waals surface area contributed by atoms with E-state index in [0.717, 1.165) is 58.9 Å². The van der Waals surface area contributed by atoms with Crippen LogP contribution in [-0.2, 0) is 7.05 Å². The summed E-state index contributed by atoms with van der Waals surface area (Å²) in [6.45, 7) is 0. The molecule has 9 heteroatoms. The van der Waals surface area contributed by atoms with Crippen LogP contribution in [0.4, 0.5) is 11.8 Å². The number of benzene rings is 1. The van der Waals surface area contributed by atoms with E-state index in [2.05, 4.69) is 30.6 Å². The van der Waals surface area contributed by atoms with E-state index in [0.29, 0.717) is 12.1 Å². The predicted octanol–water partition coefficient (Wildman–Crippen LogP) is 3.44. The number of hydrogen-bond acceptors (Lipinski definition) is 6. The third kappa shape index (κ3) is 3.51. The van der Waals surface area contributed by atoms with Crippen LogP contribution < -0.4 is 16.3 Å². The number of nitrogens with one attached hydrogen (secondary N) is 3. The molecule has 3 N–H and O–H groups in total. The smallest absolute Gasteiger partial charge is 0.333 e. The summed E-state index contributed by atoms with van der Waals surface area (Å²) in [7, 11) is 1.79. The lowest BCUT2D eigenvalue weighted by molar-refractivity contribution is 0.718. The molecule has 0 spiro atoms. The van der Waals surface area contributed by atoms with Gasteiger partial charge in [0, 0.05) is 25.3 Å². The van der Waals surface area contributed by atoms with Gasteiger partial charge in [-0.2, -0.15) is 4.98 Å². The van der Waals surface area contributed by atoms with E-state index in [1.54, 1.807) is 28.6 Å². The molecule has 0 aliphatic heterocycles. The molecule has 1 aliphatic rings. The van der Waals surface area contributed by atoms with Gasteiger partial charge in [-0.25, -0.2) is 14.8 Å². The first kappa shape index (κ1) is 19.5. The van der Waals surface area contributed by atoms with Gasteiger partial charge in [-0.05, 0) is 55.7 Å². The van der Waals surface area contributed by atoms with Gasteiger partial charge < -0.3 is 15.6 Å². The Bertz CT molecular complexity index is 1460. The van der Waals surface area contributed by atoms with Crippen LogP contribution in [0.15, 0.2) is 65.7 Å². The Morgan fingerprint density at radius 3 is 2.58 bits per heavy atom. The number of hydrogen-bond donors (Lipinski definition) is 3. The van der Waals surface area contributed by atoms with Crippen LogP contribution in [0.3, 0.4) is 0 Å². The summed E-state index contributed by atoms with van der Waals surface area (Å²) in [6, 6.07) is 16.2. The fourth-order valence-electron chi connectivity index (χ4n) is 4.71. The highest BCUT2D eigenvalue weighted by Gasteiger charge is 2.25. The highest BCUT2D eigenvalue weighted by molar-refractivity contribution is 5.78. The molecule has 0 radical (unpaired) electrons. The SMILES string of the molecule is Cn1c(=O)n(-c2ccc(N[C@H]3CC[C@H](Nc4nc5ncccc5[nH]4)C3)nc2)c2ccccc21. The molecule has 0 saturated heterocycles. The summed E-state index contributed by atoms with van der Waals surface area (Å²) in [5, 5.41) is 7.03. The van der Waals surface area contributed by atoms with Crippen LogP contribution in [0.5, 0.6) is 0 Å². The monoisotopic (exact) mass is 440 g/mol. The molecule has 9 nitrogen and oxygen atoms in total. The second kappa shape index (κ2) is 7.77. The van der Waals surface area contributed by atoms with Crippen molar-refractivity contribution in [3.63, 3.8) is 0 Å². The lowest BCUT2D eigenvalue weighted by atomic mass is 10.2. The number of H-pyrrole nitrogens is 1. The van der Waals surface area contributed by atoms with Crippen molar-refractivity contribution < 1.29 is 0 Å². The summed E-state index contributed by atoms with van der Waals surface area (Å²) in [5.74, 6) is 1.57. The molecule has 1 saturated carbocycles. The van der Waals surface area contributed by atoms with E-state index in [-0.39, 0.29) is 5.69 Å². The topological polar surface area (TPSA) is 105 Å². The summed E-state index contributed by atoms with van der Waals surface area (Å²) in [6.07, 6.45) is 6.56. The van der Waals surface area contributed by atoms with E-state index in [1.165, 1.54) is 0 Å². The summed E-state index contributed by atoms with van der Waals surface area (Å²) >= 11 is 0. The van der Waals surface area contributed by atoms with Gasteiger partial charge in [-0.1, -0.05) is 12.1 Å². The Labute approximate surface area is 189 Å². The van der Waals surface area contributed by atoms with Crippen LogP contribution in [0.2, 0.25) is 0 Å². The van der Waals surface area contributed by atoms with Gasteiger partial charge >= 0.3 is 5.69 Å². The predicted molar refractivity (Wildman–Crippen MR) is 129 cm³/mol. The molecular formula is C24H24N8O. The first-order chi connectivity index (χ1) is 16.2. The van der Waals surface area contributed by atoms with Gasteiger partial charge in [0.25, 0.3) is 0 Å². The van der Waals surface area contributed by atoms with Crippen LogP contribution in [0, 0.1) is 0 Å². The molecule has 1 aliphatic carbocycles. The van der Waals surface area contributed by atoms with Crippen molar-refractivity contribution in [1.82, 2.24) is 29.1 Å². The van der Waals surface area contributed by atoms with Crippen molar-refractivity contribution in [2.45, 2.75) is 31.3 Å². The van der Waals surface area contributed by atoms with Crippen molar-refractivity contribution in [3.05, 3.63) is 71.4 Å². The van der Waals surface area contributed by atoms with Crippen molar-refractivity contribution in [3.8, 4) is 5.69 Å². The molecule has 6 rings (SSSR count). The minimum Gasteiger partial charge on any atom is -0.367 e. The molecule has 1 aromatic carbocycles. The van der Waals surface area contributed by atoms with Gasteiger partial charge in [-0.3, -0.25) is 9.13 Å². The van der Waals surface area contributed by atoms with Crippen molar-refractivity contribution in [1.29, 1.82) is 0 Å². The highest BCUT2D eigenvalue weighted by Crippen LogP contribution is 2.26. The second-order valence-corrected chi connectivity index (χ2v) is 8.52. The minimum atomic E-state index is -0.0794. The zero-order valence-electron chi connectivity index (χ0n) is 18.2. The third-order valence-corrected chi connectivity index (χ3v) is 6.35. The lowest BCUT2D eigenvalue weighted by Crippen LogP contribution is -2.22. The first-order valence-electron chi connectivity index (χ1n) is 11.1. The Morgan fingerprint density at radius 2 is 1.79 bits per heavy atom. The Morgan fingerprint density at radius 1 is 0.970 bits per heavy atom. The standard InChI is InChI=1S/C24H24N8O/c1-31-19-6-2-3-7-20(19)32(24(31)33)17-10-11-21(26-14-17)27-15-8-9-16(13-15)28-23-29-18-5-4-12-25-22(18)30-23/h2-7,10-12,14-16H,8-9,13H2,1H3,(H,26,27)(H2,25,28,29,30)/t15-,16-/m0/s1. The molecule has 0 amide bonds. The molecule has 0 bridgehead atoms. The fourth-order valence-corrected chi connectivity index (χ4v) is 4.71. The summed E-state index contributed by atoms with van der Waals surface area (Å²) in [5.41, 5.74) is 4.10. The van der Waals surface area contributed by atoms with E-state index < -0.39 is 0 Å². The molecule has 2 atom stereocenters. The van der Waals surface area contributed by atoms with Crippen LogP contribution in [0.25, 0.3) is 27.9 Å². The maximum atomic E-state index is 12.8. The van der Waals surface area contributed by atoms with Crippen molar-refractivity contribution >= 4 is 34.0 Å². The molecule has 5 aromatic rings. The summed E-state index contributed by atoms with van der Waals surface area (Å²) in [4.78, 5) is 29.4. The highest BCUT2D eigenvalue weighted by atomic mass is 16.1. The summed E-state index contributed by atoms with van der Waals surface area (Å²) < 4.78 is 3.36. The van der Waals surface area contributed by atoms with Gasteiger partial charge in [-0.15, -0.1) is 0 Å². The average molecular weight is 441 g/mol. The average Bonchev–Trinajstić information content (AvgIpc) is 3.52. The number of aromatic amines is 1. The quantitative estimate of drug-likeness (QED) is 0.387. The number of aryl methyl sites for hydroxylation is 1. The number of fused-ring (bicyclic) bond motifs is 2. The van der Waals surface area contributed by atoms with Gasteiger partial charge in [0.1, 0.15) is 5.82 Å². The van der Waals surface area contributed by atoms with Gasteiger partial charge in [0.15, 0.2) is 5.65 Å². The minimum absolute atomic E-state index is 0.0794. The number of para-hydroxylation sites is 2. The molecular weight excluding hydrogens is 416 g/mol. The largest absolute Gasteiger partial charge is 0.367 e. The fraction of sp³-hybridized carbons (Fsp3) is 0.250. The third-order valence-electron chi connectivity index (χ3n) is 6.35. The zero-order chi connectivity index (χ0) is 22.4. The normalized spacial score (nSPS) is 18.2. The van der Waals surface area contributed by atoms with E-state index >= 15 is 0 Å². The van der Waals surface area contributed by atoms with Crippen molar-refractivity contribution in [2.75, 3.05) is 10.6 Å². The van der Waals surface area contributed by atoms with Crippen LogP contribution >= 0.6 is 0 Å². The van der Waals surface area contributed by atoms with E-state index in [4.69, 9.17) is 0 Å². The van der Waals surface area contributed by atoms with Crippen LogP contribution in [0.1, 0.15) is 19.3 Å². The maximum absolute atomic E-state index is 12.8. The van der Waals surface area contributed by atoms with E-state index in [1.807, 2.05) is 48.5 Å². The number of pyridine rings is 2. The maximum Gasteiger partial charge on any atom is 0.333 e. The Hall–Kier alpha value is -4.14. The number of rotatable bonds is 5. The Kier molecular flexibility index (Phi) is 4.60. The zero-order valence-corrected chi connectivity index (χ0v) is 18.2.